The van der Waals surface area contributed by atoms with Gasteiger partial charge in [0.25, 0.3) is 0 Å². The van der Waals surface area contributed by atoms with Gasteiger partial charge >= 0.3 is 0 Å². The summed E-state index contributed by atoms with van der Waals surface area (Å²) in [5.41, 5.74) is 6.43. The fraction of sp³-hybridized carbons (Fsp3) is 1.00. The number of hydrogen-bond acceptors (Lipinski definition) is 2. The Bertz CT molecular complexity index is 144. The van der Waals surface area contributed by atoms with Crippen molar-refractivity contribution in [1.29, 1.82) is 0 Å². The van der Waals surface area contributed by atoms with Crippen molar-refractivity contribution in [3.05, 3.63) is 0 Å². The second-order valence-corrected chi connectivity index (χ2v) is 4.31. The third-order valence-electron chi connectivity index (χ3n) is 3.36. The standard InChI is InChI=1S/C9H18N2/c1-11-6-2-8(3-7-11)9(10)4-5-9/h8H,2-7,10H2,1H3. The second kappa shape index (κ2) is 2.46. The lowest BCUT2D eigenvalue weighted by Gasteiger charge is -2.32. The number of piperidine rings is 1. The zero-order chi connectivity index (χ0) is 7.90. The summed E-state index contributed by atoms with van der Waals surface area (Å²) in [5.74, 6) is 0.832. The monoisotopic (exact) mass is 154 g/mol. The Kier molecular flexibility index (Phi) is 1.69. The zero-order valence-electron chi connectivity index (χ0n) is 7.34. The molecular weight excluding hydrogens is 136 g/mol. The maximum absolute atomic E-state index is 6.15. The summed E-state index contributed by atoms with van der Waals surface area (Å²) >= 11 is 0. The molecule has 64 valence electrons. The second-order valence-electron chi connectivity index (χ2n) is 4.31. The maximum Gasteiger partial charge on any atom is 0.0185 e. The van der Waals surface area contributed by atoms with E-state index in [0.29, 0.717) is 0 Å². The minimum atomic E-state index is 0.279. The van der Waals surface area contributed by atoms with Gasteiger partial charge in [0.2, 0.25) is 0 Å². The third-order valence-corrected chi connectivity index (χ3v) is 3.36. The van der Waals surface area contributed by atoms with E-state index in [0.717, 1.165) is 5.92 Å². The van der Waals surface area contributed by atoms with Crippen molar-refractivity contribution in [2.24, 2.45) is 11.7 Å². The lowest BCUT2D eigenvalue weighted by atomic mass is 9.88. The van der Waals surface area contributed by atoms with E-state index in [9.17, 15) is 0 Å². The van der Waals surface area contributed by atoms with Crippen LogP contribution in [0, 0.1) is 5.92 Å². The zero-order valence-corrected chi connectivity index (χ0v) is 7.34. The van der Waals surface area contributed by atoms with Gasteiger partial charge in [0.1, 0.15) is 0 Å². The van der Waals surface area contributed by atoms with Gasteiger partial charge in [-0.1, -0.05) is 0 Å². The fourth-order valence-electron chi connectivity index (χ4n) is 2.14. The summed E-state index contributed by atoms with van der Waals surface area (Å²) in [6.45, 7) is 2.51. The Balaban J connectivity index is 1.87. The first-order chi connectivity index (χ1) is 5.21. The van der Waals surface area contributed by atoms with Crippen LogP contribution in [0.2, 0.25) is 0 Å². The Hall–Kier alpha value is -0.0800. The molecule has 0 atom stereocenters. The van der Waals surface area contributed by atoms with Crippen LogP contribution in [0.5, 0.6) is 0 Å². The first-order valence-corrected chi connectivity index (χ1v) is 4.68. The van der Waals surface area contributed by atoms with Crippen LogP contribution in [0.25, 0.3) is 0 Å². The smallest absolute Gasteiger partial charge is 0.0185 e. The van der Waals surface area contributed by atoms with Crippen molar-refractivity contribution in [3.8, 4) is 0 Å². The quantitative estimate of drug-likeness (QED) is 0.606. The number of likely N-dealkylation sites (tertiary alicyclic amines) is 1. The summed E-state index contributed by atoms with van der Waals surface area (Å²) in [5, 5.41) is 0. The van der Waals surface area contributed by atoms with Crippen molar-refractivity contribution < 1.29 is 0 Å². The van der Waals surface area contributed by atoms with Crippen LogP contribution >= 0.6 is 0 Å². The summed E-state index contributed by atoms with van der Waals surface area (Å²) in [6.07, 6.45) is 5.21. The van der Waals surface area contributed by atoms with E-state index in [1.807, 2.05) is 0 Å². The fourth-order valence-corrected chi connectivity index (χ4v) is 2.14. The summed E-state index contributed by atoms with van der Waals surface area (Å²) in [6, 6.07) is 0. The van der Waals surface area contributed by atoms with Crippen LogP contribution in [0.4, 0.5) is 0 Å². The average molecular weight is 154 g/mol. The highest BCUT2D eigenvalue weighted by Gasteiger charge is 2.45. The molecule has 1 heterocycles. The molecule has 1 aliphatic heterocycles. The highest BCUT2D eigenvalue weighted by Crippen LogP contribution is 2.43. The molecule has 0 amide bonds. The van der Waals surface area contributed by atoms with E-state index in [2.05, 4.69) is 11.9 Å². The lowest BCUT2D eigenvalue weighted by molar-refractivity contribution is 0.191. The first kappa shape index (κ1) is 7.56. The van der Waals surface area contributed by atoms with Gasteiger partial charge in [-0.25, -0.2) is 0 Å². The molecule has 2 N–H and O–H groups in total. The van der Waals surface area contributed by atoms with Crippen LogP contribution < -0.4 is 5.73 Å². The molecule has 1 aliphatic carbocycles. The van der Waals surface area contributed by atoms with E-state index >= 15 is 0 Å². The molecule has 1 saturated carbocycles. The average Bonchev–Trinajstić information content (AvgIpc) is 2.70. The molecule has 11 heavy (non-hydrogen) atoms. The van der Waals surface area contributed by atoms with E-state index in [1.54, 1.807) is 0 Å². The molecule has 0 bridgehead atoms. The Morgan fingerprint density at radius 2 is 1.82 bits per heavy atom. The summed E-state index contributed by atoms with van der Waals surface area (Å²) in [7, 11) is 2.20. The van der Waals surface area contributed by atoms with Gasteiger partial charge in [-0.05, 0) is 51.7 Å². The summed E-state index contributed by atoms with van der Waals surface area (Å²) in [4.78, 5) is 2.41. The maximum atomic E-state index is 6.15. The lowest BCUT2D eigenvalue weighted by Crippen LogP contribution is -2.40. The highest BCUT2D eigenvalue weighted by atomic mass is 15.1. The molecule has 0 radical (unpaired) electrons. The molecule has 2 rings (SSSR count). The Labute approximate surface area is 68.7 Å². The van der Waals surface area contributed by atoms with Gasteiger partial charge < -0.3 is 10.6 Å². The highest BCUT2D eigenvalue weighted by molar-refractivity contribution is 5.04. The molecule has 2 heteroatoms. The van der Waals surface area contributed by atoms with Crippen molar-refractivity contribution in [1.82, 2.24) is 4.90 Å². The molecule has 2 fully saturated rings. The summed E-state index contributed by atoms with van der Waals surface area (Å²) < 4.78 is 0. The predicted octanol–water partition coefficient (Wildman–Crippen LogP) is 0.819. The van der Waals surface area contributed by atoms with E-state index in [4.69, 9.17) is 5.73 Å². The van der Waals surface area contributed by atoms with Crippen molar-refractivity contribution in [2.75, 3.05) is 20.1 Å². The molecule has 2 nitrogen and oxygen atoms in total. The predicted molar refractivity (Wildman–Crippen MR) is 46.4 cm³/mol. The molecule has 2 aliphatic rings. The molecule has 0 aromatic heterocycles. The Morgan fingerprint density at radius 3 is 2.27 bits per heavy atom. The van der Waals surface area contributed by atoms with E-state index in [-0.39, 0.29) is 5.54 Å². The molecule has 0 spiro atoms. The normalized spacial score (nSPS) is 32.2. The Morgan fingerprint density at radius 1 is 1.27 bits per heavy atom. The van der Waals surface area contributed by atoms with Crippen LogP contribution in [-0.4, -0.2) is 30.6 Å². The minimum Gasteiger partial charge on any atom is -0.325 e. The largest absolute Gasteiger partial charge is 0.325 e. The first-order valence-electron chi connectivity index (χ1n) is 4.68. The number of nitrogens with zero attached hydrogens (tertiary/aromatic N) is 1. The van der Waals surface area contributed by atoms with Gasteiger partial charge in [0.15, 0.2) is 0 Å². The van der Waals surface area contributed by atoms with Gasteiger partial charge in [0, 0.05) is 5.54 Å². The van der Waals surface area contributed by atoms with E-state index < -0.39 is 0 Å². The van der Waals surface area contributed by atoms with Crippen LogP contribution in [0.1, 0.15) is 25.7 Å². The van der Waals surface area contributed by atoms with Crippen molar-refractivity contribution >= 4 is 0 Å². The molecule has 0 aromatic rings. The van der Waals surface area contributed by atoms with Crippen LogP contribution in [-0.2, 0) is 0 Å². The number of nitrogens with two attached hydrogens (primary N) is 1. The van der Waals surface area contributed by atoms with Gasteiger partial charge in [-0.2, -0.15) is 0 Å². The molecule has 0 aromatic carbocycles. The van der Waals surface area contributed by atoms with Gasteiger partial charge in [-0.3, -0.25) is 0 Å². The van der Waals surface area contributed by atoms with Crippen molar-refractivity contribution in [3.63, 3.8) is 0 Å². The molecule has 0 unspecified atom stereocenters. The van der Waals surface area contributed by atoms with E-state index in [1.165, 1.54) is 38.8 Å². The minimum absolute atomic E-state index is 0.279. The molecular formula is C9H18N2. The molecule has 1 saturated heterocycles. The van der Waals surface area contributed by atoms with Gasteiger partial charge in [-0.15, -0.1) is 0 Å². The van der Waals surface area contributed by atoms with Crippen molar-refractivity contribution in [2.45, 2.75) is 31.2 Å². The number of hydrogen-bond donors (Lipinski definition) is 1. The SMILES string of the molecule is CN1CCC(C2(N)CC2)CC1. The number of rotatable bonds is 1. The van der Waals surface area contributed by atoms with Gasteiger partial charge in [0.05, 0.1) is 0 Å². The topological polar surface area (TPSA) is 29.3 Å². The van der Waals surface area contributed by atoms with Crippen LogP contribution in [0.15, 0.2) is 0 Å². The third kappa shape index (κ3) is 1.42. The van der Waals surface area contributed by atoms with Crippen LogP contribution in [0.3, 0.4) is 0 Å².